The van der Waals surface area contributed by atoms with Crippen molar-refractivity contribution in [2.75, 3.05) is 6.54 Å². The number of carbonyl (C=O) groups is 1. The normalized spacial score (nSPS) is 12.5. The van der Waals surface area contributed by atoms with Crippen molar-refractivity contribution in [2.45, 2.75) is 22.1 Å². The lowest BCUT2D eigenvalue weighted by atomic mass is 10.1. The fourth-order valence-electron chi connectivity index (χ4n) is 2.60. The van der Waals surface area contributed by atoms with Crippen LogP contribution in [-0.4, -0.2) is 26.0 Å². The zero-order valence-corrected chi connectivity index (χ0v) is 17.3. The number of aliphatic hydroxyl groups excluding tert-OH is 1. The summed E-state index contributed by atoms with van der Waals surface area (Å²) < 4.78 is 25.6. The van der Waals surface area contributed by atoms with Gasteiger partial charge in [-0.25, -0.2) is 8.42 Å². The standard InChI is InChI=1S/C20H18ClNO4S2/c1-13-11-18(28(25,26)16-9-7-15(21)8-10-16)27-19(13)20(24)22-12-17(23)14-5-3-2-4-6-14/h2-11,17,23H,12H2,1H3,(H,22,24). The number of rotatable bonds is 6. The summed E-state index contributed by atoms with van der Waals surface area (Å²) in [6.07, 6.45) is -0.845. The molecule has 0 spiro atoms. The highest BCUT2D eigenvalue weighted by molar-refractivity contribution is 7.93. The summed E-state index contributed by atoms with van der Waals surface area (Å²) in [7, 11) is -3.73. The van der Waals surface area contributed by atoms with Gasteiger partial charge in [-0.1, -0.05) is 41.9 Å². The van der Waals surface area contributed by atoms with Crippen molar-refractivity contribution >= 4 is 38.7 Å². The van der Waals surface area contributed by atoms with E-state index in [1.165, 1.54) is 30.3 Å². The maximum Gasteiger partial charge on any atom is 0.261 e. The minimum Gasteiger partial charge on any atom is -0.387 e. The van der Waals surface area contributed by atoms with Crippen LogP contribution in [-0.2, 0) is 9.84 Å². The average Bonchev–Trinajstić information content (AvgIpc) is 3.09. The maximum absolute atomic E-state index is 12.8. The molecular weight excluding hydrogens is 418 g/mol. The molecule has 5 nitrogen and oxygen atoms in total. The molecule has 0 saturated heterocycles. The second-order valence-electron chi connectivity index (χ2n) is 6.17. The van der Waals surface area contributed by atoms with Crippen LogP contribution in [0.1, 0.15) is 26.9 Å². The van der Waals surface area contributed by atoms with E-state index in [9.17, 15) is 18.3 Å². The molecule has 1 heterocycles. The Hall–Kier alpha value is -2.19. The van der Waals surface area contributed by atoms with E-state index in [1.807, 2.05) is 6.07 Å². The van der Waals surface area contributed by atoms with Gasteiger partial charge in [-0.2, -0.15) is 0 Å². The molecule has 3 rings (SSSR count). The van der Waals surface area contributed by atoms with Gasteiger partial charge in [0, 0.05) is 11.6 Å². The first-order chi connectivity index (χ1) is 13.3. The van der Waals surface area contributed by atoms with E-state index in [-0.39, 0.29) is 15.6 Å². The van der Waals surface area contributed by atoms with Crippen molar-refractivity contribution < 1.29 is 18.3 Å². The Labute approximate surface area is 172 Å². The summed E-state index contributed by atoms with van der Waals surface area (Å²) >= 11 is 6.72. The van der Waals surface area contributed by atoms with Gasteiger partial charge in [0.1, 0.15) is 4.21 Å². The quantitative estimate of drug-likeness (QED) is 0.612. The van der Waals surface area contributed by atoms with Crippen LogP contribution in [0.5, 0.6) is 0 Å². The third-order valence-corrected chi connectivity index (χ3v) is 7.86. The topological polar surface area (TPSA) is 83.5 Å². The minimum absolute atomic E-state index is 0.0272. The lowest BCUT2D eigenvalue weighted by Crippen LogP contribution is -2.28. The highest BCUT2D eigenvalue weighted by Gasteiger charge is 2.24. The molecule has 0 fully saturated rings. The number of hydrogen-bond acceptors (Lipinski definition) is 5. The van der Waals surface area contributed by atoms with Crippen LogP contribution in [0.3, 0.4) is 0 Å². The monoisotopic (exact) mass is 435 g/mol. The molecule has 1 aromatic heterocycles. The van der Waals surface area contributed by atoms with E-state index < -0.39 is 21.8 Å². The maximum atomic E-state index is 12.8. The molecule has 1 amide bonds. The molecule has 146 valence electrons. The molecule has 0 aliphatic heterocycles. The van der Waals surface area contributed by atoms with Crippen molar-refractivity contribution in [1.82, 2.24) is 5.32 Å². The molecule has 0 saturated carbocycles. The van der Waals surface area contributed by atoms with Gasteiger partial charge in [-0.15, -0.1) is 11.3 Å². The van der Waals surface area contributed by atoms with Crippen molar-refractivity contribution in [3.8, 4) is 0 Å². The number of nitrogens with one attached hydrogen (secondary N) is 1. The summed E-state index contributed by atoms with van der Waals surface area (Å²) in [6.45, 7) is 1.71. The zero-order valence-electron chi connectivity index (χ0n) is 14.9. The summed E-state index contributed by atoms with van der Waals surface area (Å²) in [5.74, 6) is -0.421. The van der Waals surface area contributed by atoms with Crippen LogP contribution in [0, 0.1) is 6.92 Å². The Balaban J connectivity index is 1.76. The van der Waals surface area contributed by atoms with E-state index >= 15 is 0 Å². The van der Waals surface area contributed by atoms with E-state index in [1.54, 1.807) is 31.2 Å². The van der Waals surface area contributed by atoms with E-state index in [2.05, 4.69) is 5.32 Å². The number of halogens is 1. The Bertz CT molecular complexity index is 1080. The van der Waals surface area contributed by atoms with E-state index in [0.717, 1.165) is 11.3 Å². The second-order valence-corrected chi connectivity index (χ2v) is 9.84. The van der Waals surface area contributed by atoms with Gasteiger partial charge < -0.3 is 10.4 Å². The first-order valence-electron chi connectivity index (χ1n) is 8.41. The number of aliphatic hydroxyl groups is 1. The molecule has 0 bridgehead atoms. The van der Waals surface area contributed by atoms with E-state index in [4.69, 9.17) is 11.6 Å². The number of thiophene rings is 1. The van der Waals surface area contributed by atoms with Crippen LogP contribution >= 0.6 is 22.9 Å². The largest absolute Gasteiger partial charge is 0.387 e. The minimum atomic E-state index is -3.73. The predicted octanol–water partition coefficient (Wildman–Crippen LogP) is 4.01. The molecule has 0 aliphatic carbocycles. The fraction of sp³-hybridized carbons (Fsp3) is 0.150. The lowest BCUT2D eigenvalue weighted by molar-refractivity contribution is 0.0920. The number of sulfone groups is 1. The number of amides is 1. The molecule has 0 radical (unpaired) electrons. The molecule has 2 N–H and O–H groups in total. The fourth-order valence-corrected chi connectivity index (χ4v) is 5.59. The predicted molar refractivity (Wildman–Crippen MR) is 110 cm³/mol. The average molecular weight is 436 g/mol. The Kier molecular flexibility index (Phi) is 6.20. The third-order valence-electron chi connectivity index (χ3n) is 4.13. The molecule has 28 heavy (non-hydrogen) atoms. The Morgan fingerprint density at radius 2 is 1.79 bits per heavy atom. The van der Waals surface area contributed by atoms with Gasteiger partial charge >= 0.3 is 0 Å². The van der Waals surface area contributed by atoms with Gasteiger partial charge in [0.15, 0.2) is 0 Å². The first-order valence-corrected chi connectivity index (χ1v) is 11.1. The van der Waals surface area contributed by atoms with Crippen LogP contribution in [0.15, 0.2) is 69.8 Å². The molecule has 0 aliphatic rings. The van der Waals surface area contributed by atoms with Gasteiger partial charge in [0.2, 0.25) is 9.84 Å². The number of aryl methyl sites for hydroxylation is 1. The summed E-state index contributed by atoms with van der Waals surface area (Å²) in [4.78, 5) is 12.9. The summed E-state index contributed by atoms with van der Waals surface area (Å²) in [5.41, 5.74) is 1.25. The van der Waals surface area contributed by atoms with Gasteiger partial charge in [0.25, 0.3) is 5.91 Å². The summed E-state index contributed by atoms with van der Waals surface area (Å²) in [5, 5.41) is 13.3. The molecule has 2 aromatic carbocycles. The molecular formula is C20H18ClNO4S2. The highest BCUT2D eigenvalue weighted by Crippen LogP contribution is 2.31. The van der Waals surface area contributed by atoms with Crippen molar-refractivity contribution in [3.05, 3.63) is 81.7 Å². The van der Waals surface area contributed by atoms with E-state index in [0.29, 0.717) is 21.0 Å². The van der Waals surface area contributed by atoms with Gasteiger partial charge in [-0.3, -0.25) is 4.79 Å². The molecule has 3 aromatic rings. The first kappa shape index (κ1) is 20.5. The SMILES string of the molecule is Cc1cc(S(=O)(=O)c2ccc(Cl)cc2)sc1C(=O)NCC(O)c1ccccc1. The highest BCUT2D eigenvalue weighted by atomic mass is 35.5. The van der Waals surface area contributed by atoms with Crippen molar-refractivity contribution in [3.63, 3.8) is 0 Å². The second kappa shape index (κ2) is 8.45. The lowest BCUT2D eigenvalue weighted by Gasteiger charge is -2.11. The number of carbonyl (C=O) groups excluding carboxylic acids is 1. The zero-order chi connectivity index (χ0) is 20.3. The number of hydrogen-bond donors (Lipinski definition) is 2. The molecule has 1 unspecified atom stereocenters. The summed E-state index contributed by atoms with van der Waals surface area (Å²) in [6, 6.07) is 16.3. The smallest absolute Gasteiger partial charge is 0.261 e. The third kappa shape index (κ3) is 4.44. The molecule has 8 heteroatoms. The van der Waals surface area contributed by atoms with Crippen LogP contribution in [0.25, 0.3) is 0 Å². The molecule has 1 atom stereocenters. The van der Waals surface area contributed by atoms with Crippen molar-refractivity contribution in [1.29, 1.82) is 0 Å². The van der Waals surface area contributed by atoms with Crippen LogP contribution in [0.2, 0.25) is 5.02 Å². The van der Waals surface area contributed by atoms with Gasteiger partial charge in [-0.05, 0) is 48.4 Å². The van der Waals surface area contributed by atoms with Crippen molar-refractivity contribution in [2.24, 2.45) is 0 Å². The van der Waals surface area contributed by atoms with Gasteiger partial charge in [0.05, 0.1) is 15.9 Å². The Morgan fingerprint density at radius 3 is 2.43 bits per heavy atom. The Morgan fingerprint density at radius 1 is 1.14 bits per heavy atom. The van der Waals surface area contributed by atoms with Crippen LogP contribution in [0.4, 0.5) is 0 Å². The number of benzene rings is 2. The van der Waals surface area contributed by atoms with Crippen LogP contribution < -0.4 is 5.32 Å².